The number of rotatable bonds is 10. The van der Waals surface area contributed by atoms with Gasteiger partial charge in [0.1, 0.15) is 20.0 Å². The quantitative estimate of drug-likeness (QED) is 0.249. The summed E-state index contributed by atoms with van der Waals surface area (Å²) in [5, 5.41) is 20.9. The maximum Gasteiger partial charge on any atom is 0.235 e. The summed E-state index contributed by atoms with van der Waals surface area (Å²) in [6.45, 7) is 3.14. The van der Waals surface area contributed by atoms with Crippen molar-refractivity contribution in [1.29, 1.82) is 0 Å². The zero-order valence-electron chi connectivity index (χ0n) is 10.0. The first-order valence-electron chi connectivity index (χ1n) is 5.45. The third-order valence-electron chi connectivity index (χ3n) is 2.33. The van der Waals surface area contributed by atoms with Crippen LogP contribution in [0.25, 0.3) is 0 Å². The Kier molecular flexibility index (Phi) is 8.16. The Labute approximate surface area is 99.2 Å². The van der Waals surface area contributed by atoms with Crippen molar-refractivity contribution in [3.05, 3.63) is 20.2 Å². The summed E-state index contributed by atoms with van der Waals surface area (Å²) in [4.78, 5) is 20.0. The Hall–Kier alpha value is -1.28. The lowest BCUT2D eigenvalue weighted by molar-refractivity contribution is -0.531. The highest BCUT2D eigenvalue weighted by Gasteiger charge is 2.19. The molecular formula is C9H18N2O6. The zero-order chi connectivity index (χ0) is 13.3. The lowest BCUT2D eigenvalue weighted by atomic mass is 10.2. The van der Waals surface area contributed by atoms with Gasteiger partial charge >= 0.3 is 0 Å². The molecule has 0 aromatic rings. The molecule has 0 bridgehead atoms. The first-order valence-corrected chi connectivity index (χ1v) is 5.45. The molecule has 8 heteroatoms. The molecule has 0 aromatic heterocycles. The van der Waals surface area contributed by atoms with Crippen molar-refractivity contribution in [2.45, 2.75) is 38.8 Å². The minimum Gasteiger partial charge on any atom is -0.348 e. The molecule has 0 aliphatic carbocycles. The van der Waals surface area contributed by atoms with E-state index in [-0.39, 0.29) is 20.0 Å². The van der Waals surface area contributed by atoms with Crippen LogP contribution in [0.4, 0.5) is 0 Å². The molecule has 0 amide bonds. The summed E-state index contributed by atoms with van der Waals surface area (Å²) in [6.07, 6.45) is 0.749. The van der Waals surface area contributed by atoms with E-state index in [0.717, 1.165) is 0 Å². The fourth-order valence-electron chi connectivity index (χ4n) is 1.08. The van der Waals surface area contributed by atoms with Crippen molar-refractivity contribution in [1.82, 2.24) is 0 Å². The van der Waals surface area contributed by atoms with Gasteiger partial charge in [-0.05, 0) is 0 Å². The van der Waals surface area contributed by atoms with Crippen LogP contribution >= 0.6 is 0 Å². The molecule has 0 heterocycles. The highest BCUT2D eigenvalue weighted by Crippen LogP contribution is 1.99. The Bertz CT molecular complexity index is 224. The van der Waals surface area contributed by atoms with Gasteiger partial charge in [0.25, 0.3) is 0 Å². The van der Waals surface area contributed by atoms with Gasteiger partial charge in [0.05, 0.1) is 0 Å². The number of ether oxygens (including phenoxy) is 2. The molecule has 0 rings (SSSR count). The SMILES string of the molecule is CCC(COCOCC(CC)[N+](=O)[O-])[N+](=O)[O-]. The van der Waals surface area contributed by atoms with Gasteiger partial charge in [0.2, 0.25) is 12.1 Å². The van der Waals surface area contributed by atoms with E-state index in [2.05, 4.69) is 0 Å². The summed E-state index contributed by atoms with van der Waals surface area (Å²) >= 11 is 0. The predicted molar refractivity (Wildman–Crippen MR) is 58.9 cm³/mol. The Morgan fingerprint density at radius 3 is 1.53 bits per heavy atom. The molecule has 0 aliphatic rings. The average molecular weight is 250 g/mol. The van der Waals surface area contributed by atoms with E-state index in [4.69, 9.17) is 9.47 Å². The Balaban J connectivity index is 3.64. The summed E-state index contributed by atoms with van der Waals surface area (Å²) < 4.78 is 9.87. The number of hydrogen-bond donors (Lipinski definition) is 0. The second-order valence-electron chi connectivity index (χ2n) is 3.55. The van der Waals surface area contributed by atoms with Crippen LogP contribution in [0.15, 0.2) is 0 Å². The van der Waals surface area contributed by atoms with E-state index < -0.39 is 21.9 Å². The van der Waals surface area contributed by atoms with Gasteiger partial charge in [-0.1, -0.05) is 13.8 Å². The summed E-state index contributed by atoms with van der Waals surface area (Å²) in [5.74, 6) is 0. The largest absolute Gasteiger partial charge is 0.348 e. The van der Waals surface area contributed by atoms with E-state index >= 15 is 0 Å². The van der Waals surface area contributed by atoms with Crippen molar-refractivity contribution < 1.29 is 19.3 Å². The van der Waals surface area contributed by atoms with Gasteiger partial charge in [-0.3, -0.25) is 20.2 Å². The first-order chi connectivity index (χ1) is 8.02. The number of nitro groups is 2. The van der Waals surface area contributed by atoms with Crippen LogP contribution in [0.1, 0.15) is 26.7 Å². The first kappa shape index (κ1) is 15.7. The molecule has 0 spiro atoms. The Morgan fingerprint density at radius 2 is 1.29 bits per heavy atom. The standard InChI is InChI=1S/C9H18N2O6/c1-3-8(10(12)13)5-16-7-17-6-9(4-2)11(14)15/h8-9H,3-7H2,1-2H3. The third kappa shape index (κ3) is 6.80. The molecule has 0 aromatic carbocycles. The van der Waals surface area contributed by atoms with Gasteiger partial charge in [0, 0.05) is 22.7 Å². The highest BCUT2D eigenvalue weighted by molar-refractivity contribution is 4.51. The molecule has 0 saturated carbocycles. The van der Waals surface area contributed by atoms with Gasteiger partial charge in [-0.25, -0.2) is 0 Å². The molecular weight excluding hydrogens is 232 g/mol. The number of nitrogens with zero attached hydrogens (tertiary/aromatic N) is 2. The molecule has 17 heavy (non-hydrogen) atoms. The topological polar surface area (TPSA) is 105 Å². The van der Waals surface area contributed by atoms with E-state index in [1.807, 2.05) is 0 Å². The maximum absolute atomic E-state index is 10.4. The van der Waals surface area contributed by atoms with Gasteiger partial charge in [-0.2, -0.15) is 0 Å². The van der Waals surface area contributed by atoms with E-state index in [1.54, 1.807) is 13.8 Å². The van der Waals surface area contributed by atoms with E-state index in [9.17, 15) is 20.2 Å². The molecule has 0 aliphatic heterocycles. The lowest BCUT2D eigenvalue weighted by Crippen LogP contribution is -2.27. The van der Waals surface area contributed by atoms with E-state index in [1.165, 1.54) is 0 Å². The van der Waals surface area contributed by atoms with Crippen molar-refractivity contribution >= 4 is 0 Å². The Morgan fingerprint density at radius 1 is 0.941 bits per heavy atom. The van der Waals surface area contributed by atoms with Crippen LogP contribution in [-0.4, -0.2) is 41.9 Å². The smallest absolute Gasteiger partial charge is 0.235 e. The molecule has 0 radical (unpaired) electrons. The van der Waals surface area contributed by atoms with Crippen molar-refractivity contribution in [3.63, 3.8) is 0 Å². The van der Waals surface area contributed by atoms with Crippen LogP contribution in [-0.2, 0) is 9.47 Å². The molecule has 0 N–H and O–H groups in total. The molecule has 0 fully saturated rings. The maximum atomic E-state index is 10.4. The molecule has 2 unspecified atom stereocenters. The van der Waals surface area contributed by atoms with Crippen LogP contribution < -0.4 is 0 Å². The lowest BCUT2D eigenvalue weighted by Gasteiger charge is -2.10. The average Bonchev–Trinajstić information content (AvgIpc) is 2.27. The van der Waals surface area contributed by atoms with Gasteiger partial charge in [0.15, 0.2) is 0 Å². The molecule has 8 nitrogen and oxygen atoms in total. The zero-order valence-corrected chi connectivity index (χ0v) is 10.0. The van der Waals surface area contributed by atoms with Crippen LogP contribution in [0.2, 0.25) is 0 Å². The van der Waals surface area contributed by atoms with Crippen LogP contribution in [0, 0.1) is 20.2 Å². The molecule has 100 valence electrons. The fourth-order valence-corrected chi connectivity index (χ4v) is 1.08. The second kappa shape index (κ2) is 8.82. The minimum atomic E-state index is -0.754. The fraction of sp³-hybridized carbons (Fsp3) is 1.00. The molecule has 2 atom stereocenters. The predicted octanol–water partition coefficient (Wildman–Crippen LogP) is 1.09. The van der Waals surface area contributed by atoms with Crippen molar-refractivity contribution in [2.75, 3.05) is 20.0 Å². The van der Waals surface area contributed by atoms with Crippen molar-refractivity contribution in [2.24, 2.45) is 0 Å². The second-order valence-corrected chi connectivity index (χ2v) is 3.55. The van der Waals surface area contributed by atoms with E-state index in [0.29, 0.717) is 12.8 Å². The highest BCUT2D eigenvalue weighted by atomic mass is 16.7. The minimum absolute atomic E-state index is 0.0429. The number of hydrogen-bond acceptors (Lipinski definition) is 6. The summed E-state index contributed by atoms with van der Waals surface area (Å²) in [6, 6.07) is -1.51. The summed E-state index contributed by atoms with van der Waals surface area (Å²) in [7, 11) is 0. The third-order valence-corrected chi connectivity index (χ3v) is 2.33. The summed E-state index contributed by atoms with van der Waals surface area (Å²) in [5.41, 5.74) is 0. The monoisotopic (exact) mass is 250 g/mol. The normalized spacial score (nSPS) is 14.2. The van der Waals surface area contributed by atoms with Crippen LogP contribution in [0.5, 0.6) is 0 Å². The van der Waals surface area contributed by atoms with Gasteiger partial charge < -0.3 is 9.47 Å². The van der Waals surface area contributed by atoms with Crippen molar-refractivity contribution in [3.8, 4) is 0 Å². The van der Waals surface area contributed by atoms with Crippen LogP contribution in [0.3, 0.4) is 0 Å². The van der Waals surface area contributed by atoms with Gasteiger partial charge in [-0.15, -0.1) is 0 Å². The molecule has 0 saturated heterocycles.